The van der Waals surface area contributed by atoms with Crippen molar-refractivity contribution in [3.05, 3.63) is 64.9 Å². The van der Waals surface area contributed by atoms with E-state index in [0.717, 1.165) is 5.56 Å². The van der Waals surface area contributed by atoms with Crippen LogP contribution in [0.5, 0.6) is 0 Å². The number of benzene rings is 2. The summed E-state index contributed by atoms with van der Waals surface area (Å²) in [5.41, 5.74) is 1.40. The zero-order chi connectivity index (χ0) is 16.2. The second-order valence-electron chi connectivity index (χ2n) is 5.71. The highest BCUT2D eigenvalue weighted by Gasteiger charge is 2.21. The highest BCUT2D eigenvalue weighted by molar-refractivity contribution is 6.30. The lowest BCUT2D eigenvalue weighted by Crippen LogP contribution is -2.38. The Morgan fingerprint density at radius 3 is 2.27 bits per heavy atom. The average Bonchev–Trinajstić information content (AvgIpc) is 2.48. The molecule has 2 aromatic carbocycles. The van der Waals surface area contributed by atoms with E-state index in [2.05, 4.69) is 10.6 Å². The van der Waals surface area contributed by atoms with Crippen molar-refractivity contribution in [2.45, 2.75) is 19.3 Å². The third-order valence-corrected chi connectivity index (χ3v) is 3.67. The van der Waals surface area contributed by atoms with Gasteiger partial charge in [0.1, 0.15) is 5.82 Å². The van der Waals surface area contributed by atoms with E-state index in [-0.39, 0.29) is 17.3 Å². The molecule has 0 saturated heterocycles. The average molecular weight is 321 g/mol. The van der Waals surface area contributed by atoms with Crippen LogP contribution in [0.4, 0.5) is 14.9 Å². The van der Waals surface area contributed by atoms with Gasteiger partial charge in [0.05, 0.1) is 0 Å². The third-order valence-electron chi connectivity index (χ3n) is 3.42. The zero-order valence-electron chi connectivity index (χ0n) is 12.5. The number of urea groups is 1. The molecule has 0 atom stereocenters. The third kappa shape index (κ3) is 4.46. The molecule has 2 rings (SSSR count). The van der Waals surface area contributed by atoms with Crippen molar-refractivity contribution < 1.29 is 9.18 Å². The minimum atomic E-state index is -0.338. The molecule has 0 aliphatic heterocycles. The molecular weight excluding hydrogens is 303 g/mol. The van der Waals surface area contributed by atoms with Crippen LogP contribution in [-0.2, 0) is 5.41 Å². The van der Waals surface area contributed by atoms with Crippen LogP contribution in [0.1, 0.15) is 19.4 Å². The number of anilines is 1. The highest BCUT2D eigenvalue weighted by atomic mass is 35.5. The maximum Gasteiger partial charge on any atom is 0.319 e. The lowest BCUT2D eigenvalue weighted by molar-refractivity contribution is 0.249. The van der Waals surface area contributed by atoms with E-state index in [1.807, 2.05) is 38.1 Å². The summed E-state index contributed by atoms with van der Waals surface area (Å²) in [6.45, 7) is 4.53. The fourth-order valence-electron chi connectivity index (χ4n) is 2.01. The summed E-state index contributed by atoms with van der Waals surface area (Å²) in [5.74, 6) is -0.338. The fourth-order valence-corrected chi connectivity index (χ4v) is 2.14. The molecule has 0 heterocycles. The lowest BCUT2D eigenvalue weighted by atomic mass is 9.85. The summed E-state index contributed by atoms with van der Waals surface area (Å²) in [5, 5.41) is 6.17. The van der Waals surface area contributed by atoms with Crippen molar-refractivity contribution in [3.8, 4) is 0 Å². The maximum absolute atomic E-state index is 12.8. The molecule has 22 heavy (non-hydrogen) atoms. The van der Waals surface area contributed by atoms with Crippen molar-refractivity contribution in [1.82, 2.24) is 5.32 Å². The maximum atomic E-state index is 12.8. The Morgan fingerprint density at radius 1 is 1.09 bits per heavy atom. The molecule has 0 unspecified atom stereocenters. The zero-order valence-corrected chi connectivity index (χ0v) is 13.2. The van der Waals surface area contributed by atoms with Gasteiger partial charge in [-0.25, -0.2) is 9.18 Å². The smallest absolute Gasteiger partial charge is 0.319 e. The Morgan fingerprint density at radius 2 is 1.68 bits per heavy atom. The van der Waals surface area contributed by atoms with Gasteiger partial charge in [-0.2, -0.15) is 0 Å². The minimum absolute atomic E-state index is 0.231. The predicted molar refractivity (Wildman–Crippen MR) is 87.9 cm³/mol. The van der Waals surface area contributed by atoms with Crippen molar-refractivity contribution in [1.29, 1.82) is 0 Å². The molecule has 3 nitrogen and oxygen atoms in total. The van der Waals surface area contributed by atoms with Gasteiger partial charge in [0.2, 0.25) is 0 Å². The molecule has 0 aliphatic carbocycles. The van der Waals surface area contributed by atoms with E-state index in [1.165, 1.54) is 24.3 Å². The van der Waals surface area contributed by atoms with Crippen LogP contribution in [0.15, 0.2) is 48.5 Å². The predicted octanol–water partition coefficient (Wildman–Crippen LogP) is 4.58. The van der Waals surface area contributed by atoms with Crippen molar-refractivity contribution in [3.63, 3.8) is 0 Å². The molecule has 5 heteroatoms. The molecular formula is C17H18ClFN2O. The van der Waals surface area contributed by atoms with Crippen LogP contribution in [0, 0.1) is 5.82 Å². The second kappa shape index (κ2) is 6.79. The number of carbonyl (C=O) groups is 1. The molecule has 0 radical (unpaired) electrons. The Hall–Kier alpha value is -2.07. The van der Waals surface area contributed by atoms with Crippen LogP contribution >= 0.6 is 11.6 Å². The molecule has 0 aromatic heterocycles. The largest absolute Gasteiger partial charge is 0.337 e. The molecule has 0 fully saturated rings. The Labute approximate surface area is 134 Å². The minimum Gasteiger partial charge on any atom is -0.337 e. The van der Waals surface area contributed by atoms with Gasteiger partial charge in [-0.3, -0.25) is 0 Å². The van der Waals surface area contributed by atoms with Gasteiger partial charge in [0.25, 0.3) is 0 Å². The first-order chi connectivity index (χ1) is 10.4. The standard InChI is InChI=1S/C17H18ClFN2O/c1-17(2,12-3-5-13(18)6-4-12)11-20-16(22)21-15-9-7-14(19)8-10-15/h3-10H,11H2,1-2H3,(H2,20,21,22). The van der Waals surface area contributed by atoms with Gasteiger partial charge in [-0.05, 0) is 42.0 Å². The van der Waals surface area contributed by atoms with E-state index in [9.17, 15) is 9.18 Å². The summed E-state index contributed by atoms with van der Waals surface area (Å²) in [7, 11) is 0. The normalized spacial score (nSPS) is 11.1. The van der Waals surface area contributed by atoms with E-state index in [0.29, 0.717) is 17.3 Å². The number of nitrogens with one attached hydrogen (secondary N) is 2. The first-order valence-corrected chi connectivity index (χ1v) is 7.31. The molecule has 0 bridgehead atoms. The monoisotopic (exact) mass is 320 g/mol. The number of halogens is 2. The van der Waals surface area contributed by atoms with E-state index in [4.69, 9.17) is 11.6 Å². The molecule has 116 valence electrons. The van der Waals surface area contributed by atoms with Crippen LogP contribution < -0.4 is 10.6 Å². The summed E-state index contributed by atoms with van der Waals surface area (Å²) >= 11 is 5.88. The van der Waals surface area contributed by atoms with Gasteiger partial charge in [-0.15, -0.1) is 0 Å². The number of hydrogen-bond donors (Lipinski definition) is 2. The molecule has 0 aliphatic rings. The van der Waals surface area contributed by atoms with Crippen LogP contribution in [0.25, 0.3) is 0 Å². The summed E-state index contributed by atoms with van der Waals surface area (Å²) in [6.07, 6.45) is 0. The summed E-state index contributed by atoms with van der Waals surface area (Å²) in [4.78, 5) is 11.9. The second-order valence-corrected chi connectivity index (χ2v) is 6.14. The number of carbonyl (C=O) groups excluding carboxylic acids is 1. The first-order valence-electron chi connectivity index (χ1n) is 6.93. The van der Waals surface area contributed by atoms with E-state index < -0.39 is 0 Å². The molecule has 2 aromatic rings. The Bertz CT molecular complexity index is 639. The number of amides is 2. The summed E-state index contributed by atoms with van der Waals surface area (Å²) in [6, 6.07) is 12.9. The van der Waals surface area contributed by atoms with Crippen molar-refractivity contribution >= 4 is 23.3 Å². The van der Waals surface area contributed by atoms with E-state index >= 15 is 0 Å². The van der Waals surface area contributed by atoms with Gasteiger partial charge in [0, 0.05) is 22.7 Å². The lowest BCUT2D eigenvalue weighted by Gasteiger charge is -2.25. The quantitative estimate of drug-likeness (QED) is 0.850. The topological polar surface area (TPSA) is 41.1 Å². The van der Waals surface area contributed by atoms with Crippen molar-refractivity contribution in [2.75, 3.05) is 11.9 Å². The van der Waals surface area contributed by atoms with Crippen molar-refractivity contribution in [2.24, 2.45) is 0 Å². The van der Waals surface area contributed by atoms with Gasteiger partial charge >= 0.3 is 6.03 Å². The van der Waals surface area contributed by atoms with E-state index in [1.54, 1.807) is 0 Å². The van der Waals surface area contributed by atoms with Crippen LogP contribution in [0.3, 0.4) is 0 Å². The number of hydrogen-bond acceptors (Lipinski definition) is 1. The van der Waals surface area contributed by atoms with Gasteiger partial charge in [0.15, 0.2) is 0 Å². The van der Waals surface area contributed by atoms with Gasteiger partial charge in [-0.1, -0.05) is 37.6 Å². The molecule has 0 spiro atoms. The molecule has 2 N–H and O–H groups in total. The first kappa shape index (κ1) is 16.3. The molecule has 2 amide bonds. The molecule has 0 saturated carbocycles. The highest BCUT2D eigenvalue weighted by Crippen LogP contribution is 2.23. The Kier molecular flexibility index (Phi) is 5.03. The SMILES string of the molecule is CC(C)(CNC(=O)Nc1ccc(F)cc1)c1ccc(Cl)cc1. The summed E-state index contributed by atoms with van der Waals surface area (Å²) < 4.78 is 12.8. The fraction of sp³-hybridized carbons (Fsp3) is 0.235. The van der Waals surface area contributed by atoms with Gasteiger partial charge < -0.3 is 10.6 Å². The Balaban J connectivity index is 1.92. The van der Waals surface area contributed by atoms with Crippen LogP contribution in [0.2, 0.25) is 5.02 Å². The number of rotatable bonds is 4. The van der Waals surface area contributed by atoms with Crippen LogP contribution in [-0.4, -0.2) is 12.6 Å².